The van der Waals surface area contributed by atoms with Crippen molar-refractivity contribution < 1.29 is 19.1 Å². The van der Waals surface area contributed by atoms with Crippen molar-refractivity contribution in [3.8, 4) is 11.5 Å². The van der Waals surface area contributed by atoms with E-state index in [1.807, 2.05) is 56.3 Å². The Bertz CT molecular complexity index is 951. The Hall–Kier alpha value is -3.02. The first-order chi connectivity index (χ1) is 15.5. The lowest BCUT2D eigenvalue weighted by Crippen LogP contribution is -2.49. The summed E-state index contributed by atoms with van der Waals surface area (Å²) in [6.45, 7) is 4.52. The van der Waals surface area contributed by atoms with E-state index in [2.05, 4.69) is 5.32 Å². The van der Waals surface area contributed by atoms with Gasteiger partial charge in [-0.1, -0.05) is 48.7 Å². The highest BCUT2D eigenvalue weighted by Crippen LogP contribution is 2.32. The second kappa shape index (κ2) is 10.1. The molecule has 1 saturated carbocycles. The number of fused-ring (bicyclic) bond motifs is 1. The number of benzene rings is 2. The molecule has 2 aromatic rings. The number of carbonyl (C=O) groups is 2. The van der Waals surface area contributed by atoms with Crippen LogP contribution in [-0.2, 0) is 22.6 Å². The fraction of sp³-hybridized carbons (Fsp3) is 0.462. The van der Waals surface area contributed by atoms with Crippen molar-refractivity contribution >= 4 is 11.8 Å². The van der Waals surface area contributed by atoms with Crippen LogP contribution in [0.15, 0.2) is 42.5 Å². The Labute approximate surface area is 189 Å². The van der Waals surface area contributed by atoms with Gasteiger partial charge in [0.25, 0.3) is 0 Å². The quantitative estimate of drug-likeness (QED) is 0.676. The number of hydrogen-bond donors (Lipinski definition) is 1. The van der Waals surface area contributed by atoms with Crippen molar-refractivity contribution in [2.45, 2.75) is 71.0 Å². The van der Waals surface area contributed by atoms with Gasteiger partial charge in [-0.2, -0.15) is 0 Å². The summed E-state index contributed by atoms with van der Waals surface area (Å²) in [6.07, 6.45) is 5.26. The summed E-state index contributed by atoms with van der Waals surface area (Å²) in [6, 6.07) is 13.6. The van der Waals surface area contributed by atoms with Crippen LogP contribution in [0.3, 0.4) is 0 Å². The number of rotatable bonds is 8. The first-order valence-electron chi connectivity index (χ1n) is 11.5. The van der Waals surface area contributed by atoms with Gasteiger partial charge in [-0.05, 0) is 56.4 Å². The first-order valence-corrected chi connectivity index (χ1v) is 11.5. The fourth-order valence-corrected chi connectivity index (χ4v) is 4.36. The van der Waals surface area contributed by atoms with Gasteiger partial charge < -0.3 is 19.7 Å². The lowest BCUT2D eigenvalue weighted by atomic mass is 10.1. The van der Waals surface area contributed by atoms with E-state index in [-0.39, 0.29) is 24.6 Å². The summed E-state index contributed by atoms with van der Waals surface area (Å²) in [5, 5.41) is 3.15. The van der Waals surface area contributed by atoms with E-state index < -0.39 is 6.04 Å². The largest absolute Gasteiger partial charge is 0.454 e. The number of nitrogens with one attached hydrogen (secondary N) is 1. The van der Waals surface area contributed by atoms with Crippen LogP contribution >= 0.6 is 0 Å². The van der Waals surface area contributed by atoms with Gasteiger partial charge in [0.2, 0.25) is 18.6 Å². The maximum Gasteiger partial charge on any atom is 0.242 e. The molecule has 2 aromatic carbocycles. The van der Waals surface area contributed by atoms with Crippen LogP contribution in [0.5, 0.6) is 11.5 Å². The molecule has 1 heterocycles. The lowest BCUT2D eigenvalue weighted by molar-refractivity contribution is -0.140. The van der Waals surface area contributed by atoms with Crippen molar-refractivity contribution in [3.05, 3.63) is 59.2 Å². The van der Waals surface area contributed by atoms with Crippen molar-refractivity contribution in [1.82, 2.24) is 10.2 Å². The lowest BCUT2D eigenvalue weighted by Gasteiger charge is -2.30. The molecule has 1 atom stereocenters. The monoisotopic (exact) mass is 436 g/mol. The molecule has 32 heavy (non-hydrogen) atoms. The molecule has 0 spiro atoms. The minimum Gasteiger partial charge on any atom is -0.454 e. The summed E-state index contributed by atoms with van der Waals surface area (Å²) in [4.78, 5) is 28.0. The van der Waals surface area contributed by atoms with Gasteiger partial charge in [0.05, 0.1) is 0 Å². The predicted octanol–water partition coefficient (Wildman–Crippen LogP) is 4.13. The zero-order valence-electron chi connectivity index (χ0n) is 18.9. The molecule has 0 saturated heterocycles. The van der Waals surface area contributed by atoms with Gasteiger partial charge in [0.15, 0.2) is 11.5 Å². The second-order valence-electron chi connectivity index (χ2n) is 8.86. The molecule has 0 aromatic heterocycles. The van der Waals surface area contributed by atoms with Gasteiger partial charge >= 0.3 is 0 Å². The highest BCUT2D eigenvalue weighted by atomic mass is 16.7. The topological polar surface area (TPSA) is 67.9 Å². The molecule has 0 radical (unpaired) electrons. The van der Waals surface area contributed by atoms with Gasteiger partial charge in [-0.3, -0.25) is 9.59 Å². The van der Waals surface area contributed by atoms with E-state index in [0.29, 0.717) is 19.4 Å². The average Bonchev–Trinajstić information content (AvgIpc) is 3.48. The Morgan fingerprint density at radius 3 is 2.47 bits per heavy atom. The van der Waals surface area contributed by atoms with Gasteiger partial charge in [0, 0.05) is 19.0 Å². The summed E-state index contributed by atoms with van der Waals surface area (Å²) in [5.74, 6) is 1.35. The first kappa shape index (κ1) is 22.2. The molecule has 1 N–H and O–H groups in total. The molecule has 0 unspecified atom stereocenters. The highest BCUT2D eigenvalue weighted by Gasteiger charge is 2.28. The molecular weight excluding hydrogens is 404 g/mol. The molecule has 1 fully saturated rings. The van der Waals surface area contributed by atoms with Gasteiger partial charge in [0.1, 0.15) is 6.04 Å². The number of ether oxygens (including phenoxy) is 2. The summed E-state index contributed by atoms with van der Waals surface area (Å²) < 4.78 is 10.8. The number of amides is 2. The zero-order chi connectivity index (χ0) is 22.5. The van der Waals surface area contributed by atoms with E-state index in [0.717, 1.165) is 48.3 Å². The zero-order valence-corrected chi connectivity index (χ0v) is 18.9. The SMILES string of the molecule is Cc1ccc(CN(C(=O)CCc2ccc3c(c2)OCO3)[C@@H](C)C(=O)NC2CCCC2)cc1. The normalized spacial score (nSPS) is 16.1. The maximum atomic E-state index is 13.3. The third kappa shape index (κ3) is 5.42. The molecule has 1 aliphatic heterocycles. The molecule has 2 amide bonds. The Morgan fingerprint density at radius 1 is 1.03 bits per heavy atom. The molecule has 4 rings (SSSR count). The summed E-state index contributed by atoms with van der Waals surface area (Å²) in [5.41, 5.74) is 3.20. The van der Waals surface area contributed by atoms with Crippen molar-refractivity contribution in [1.29, 1.82) is 0 Å². The minimum absolute atomic E-state index is 0.0303. The highest BCUT2D eigenvalue weighted by molar-refractivity contribution is 5.87. The predicted molar refractivity (Wildman–Crippen MR) is 122 cm³/mol. The molecule has 170 valence electrons. The van der Waals surface area contributed by atoms with Gasteiger partial charge in [-0.15, -0.1) is 0 Å². The molecule has 6 nitrogen and oxygen atoms in total. The van der Waals surface area contributed by atoms with E-state index in [1.165, 1.54) is 5.56 Å². The van der Waals surface area contributed by atoms with Crippen LogP contribution in [0.1, 0.15) is 55.7 Å². The van der Waals surface area contributed by atoms with Crippen LogP contribution in [0.2, 0.25) is 0 Å². The Morgan fingerprint density at radius 2 is 1.72 bits per heavy atom. The van der Waals surface area contributed by atoms with Crippen LogP contribution in [0.25, 0.3) is 0 Å². The average molecular weight is 437 g/mol. The van der Waals surface area contributed by atoms with Crippen LogP contribution < -0.4 is 14.8 Å². The molecule has 1 aliphatic carbocycles. The minimum atomic E-state index is -0.527. The maximum absolute atomic E-state index is 13.3. The van der Waals surface area contributed by atoms with E-state index in [9.17, 15) is 9.59 Å². The van der Waals surface area contributed by atoms with E-state index >= 15 is 0 Å². The smallest absolute Gasteiger partial charge is 0.242 e. The molecule has 0 bridgehead atoms. The summed E-state index contributed by atoms with van der Waals surface area (Å²) in [7, 11) is 0. The fourth-order valence-electron chi connectivity index (χ4n) is 4.36. The van der Waals surface area contributed by atoms with Crippen LogP contribution in [0, 0.1) is 6.92 Å². The molecule has 6 heteroatoms. The third-order valence-electron chi connectivity index (χ3n) is 6.41. The number of carbonyl (C=O) groups excluding carboxylic acids is 2. The van der Waals surface area contributed by atoms with Crippen molar-refractivity contribution in [2.75, 3.05) is 6.79 Å². The van der Waals surface area contributed by atoms with Crippen LogP contribution in [-0.4, -0.2) is 35.6 Å². The van der Waals surface area contributed by atoms with Crippen molar-refractivity contribution in [3.63, 3.8) is 0 Å². The van der Waals surface area contributed by atoms with E-state index in [1.54, 1.807) is 4.90 Å². The van der Waals surface area contributed by atoms with E-state index in [4.69, 9.17) is 9.47 Å². The standard InChI is InChI=1S/C26H32N2O4/c1-18-7-9-21(10-8-18)16-28(19(2)26(30)27-22-5-3-4-6-22)25(29)14-12-20-11-13-23-24(15-20)32-17-31-23/h7-11,13,15,19,22H,3-6,12,14,16-17H2,1-2H3,(H,27,30)/t19-/m0/s1. The van der Waals surface area contributed by atoms with Crippen LogP contribution in [0.4, 0.5) is 0 Å². The van der Waals surface area contributed by atoms with Crippen molar-refractivity contribution in [2.24, 2.45) is 0 Å². The number of hydrogen-bond acceptors (Lipinski definition) is 4. The number of aryl methyl sites for hydroxylation is 2. The second-order valence-corrected chi connectivity index (χ2v) is 8.86. The molecule has 2 aliphatic rings. The van der Waals surface area contributed by atoms with Gasteiger partial charge in [-0.25, -0.2) is 0 Å². The Kier molecular flexibility index (Phi) is 6.98. The number of nitrogens with zero attached hydrogens (tertiary/aromatic N) is 1. The Balaban J connectivity index is 1.44. The molecular formula is C26H32N2O4. The summed E-state index contributed by atoms with van der Waals surface area (Å²) >= 11 is 0. The third-order valence-corrected chi connectivity index (χ3v) is 6.41.